The normalized spacial score (nSPS) is 26.9. The van der Waals surface area contributed by atoms with Gasteiger partial charge in [-0.1, -0.05) is 28.1 Å². The van der Waals surface area contributed by atoms with Crippen LogP contribution in [-0.4, -0.2) is 19.3 Å². The van der Waals surface area contributed by atoms with Crippen LogP contribution in [0.5, 0.6) is 0 Å². The largest absolute Gasteiger partial charge is 0.375 e. The molecule has 2 fully saturated rings. The zero-order valence-electron chi connectivity index (χ0n) is 11.5. The van der Waals surface area contributed by atoms with Crippen molar-refractivity contribution in [1.29, 1.82) is 0 Å². The first kappa shape index (κ1) is 13.6. The minimum absolute atomic E-state index is 0.226. The Morgan fingerprint density at radius 1 is 1.42 bits per heavy atom. The van der Waals surface area contributed by atoms with Gasteiger partial charge in [-0.2, -0.15) is 0 Å². The molecule has 0 radical (unpaired) electrons. The van der Waals surface area contributed by atoms with E-state index in [-0.39, 0.29) is 5.60 Å². The maximum Gasteiger partial charge on any atom is 0.0686 e. The Hall–Kier alpha value is -0.380. The Labute approximate surface area is 124 Å². The first-order valence-electron chi connectivity index (χ1n) is 7.29. The van der Waals surface area contributed by atoms with Gasteiger partial charge in [-0.25, -0.2) is 0 Å². The quantitative estimate of drug-likeness (QED) is 0.905. The molecule has 1 aliphatic heterocycles. The average molecular weight is 324 g/mol. The van der Waals surface area contributed by atoms with Gasteiger partial charge in [-0.05, 0) is 62.8 Å². The van der Waals surface area contributed by atoms with Gasteiger partial charge < -0.3 is 10.1 Å². The zero-order valence-corrected chi connectivity index (χ0v) is 13.1. The molecule has 1 aliphatic carbocycles. The van der Waals surface area contributed by atoms with Crippen molar-refractivity contribution in [3.63, 3.8) is 0 Å². The maximum atomic E-state index is 6.05. The summed E-state index contributed by atoms with van der Waals surface area (Å²) in [6.45, 7) is 0.927. The summed E-state index contributed by atoms with van der Waals surface area (Å²) in [6, 6.07) is 9.13. The second-order valence-corrected chi connectivity index (χ2v) is 6.87. The molecule has 1 heterocycles. The van der Waals surface area contributed by atoms with Gasteiger partial charge >= 0.3 is 0 Å². The van der Waals surface area contributed by atoms with E-state index in [1.807, 2.05) is 0 Å². The summed E-state index contributed by atoms with van der Waals surface area (Å²) >= 11 is 3.58. The third-order valence-corrected chi connectivity index (χ3v) is 5.28. The van der Waals surface area contributed by atoms with E-state index in [0.29, 0.717) is 12.0 Å². The van der Waals surface area contributed by atoms with Crippen LogP contribution in [0, 0.1) is 5.92 Å². The molecular formula is C16H22BrNO. The fraction of sp³-hybridized carbons (Fsp3) is 0.625. The molecule has 0 bridgehead atoms. The SMILES string of the molecule is CNC(c1cccc(Br)c1)C1CCOC2(CCC2)C1. The Kier molecular flexibility index (Phi) is 3.97. The Balaban J connectivity index is 1.78. The van der Waals surface area contributed by atoms with Gasteiger partial charge in [0.25, 0.3) is 0 Å². The zero-order chi connectivity index (χ0) is 13.3. The van der Waals surface area contributed by atoms with Crippen molar-refractivity contribution in [3.05, 3.63) is 34.3 Å². The van der Waals surface area contributed by atoms with Gasteiger partial charge in [-0.3, -0.25) is 0 Å². The lowest BCUT2D eigenvalue weighted by Gasteiger charge is -2.48. The van der Waals surface area contributed by atoms with E-state index in [0.717, 1.165) is 11.1 Å². The second kappa shape index (κ2) is 5.55. The van der Waals surface area contributed by atoms with Crippen LogP contribution in [0.2, 0.25) is 0 Å². The fourth-order valence-electron chi connectivity index (χ4n) is 3.64. The first-order valence-corrected chi connectivity index (χ1v) is 8.08. The molecule has 1 spiro atoms. The van der Waals surface area contributed by atoms with Crippen LogP contribution in [0.25, 0.3) is 0 Å². The molecule has 1 N–H and O–H groups in total. The number of ether oxygens (including phenoxy) is 1. The van der Waals surface area contributed by atoms with Crippen LogP contribution < -0.4 is 5.32 Å². The molecule has 2 unspecified atom stereocenters. The van der Waals surface area contributed by atoms with E-state index in [2.05, 4.69) is 52.6 Å². The van der Waals surface area contributed by atoms with Gasteiger partial charge in [0, 0.05) is 17.1 Å². The van der Waals surface area contributed by atoms with Crippen LogP contribution >= 0.6 is 15.9 Å². The minimum Gasteiger partial charge on any atom is -0.375 e. The monoisotopic (exact) mass is 323 g/mol. The van der Waals surface area contributed by atoms with Crippen molar-refractivity contribution in [1.82, 2.24) is 5.32 Å². The van der Waals surface area contributed by atoms with Crippen LogP contribution in [0.15, 0.2) is 28.7 Å². The Morgan fingerprint density at radius 2 is 2.26 bits per heavy atom. The predicted molar refractivity (Wildman–Crippen MR) is 81.2 cm³/mol. The van der Waals surface area contributed by atoms with E-state index in [9.17, 15) is 0 Å². The summed E-state index contributed by atoms with van der Waals surface area (Å²) in [5, 5.41) is 3.52. The maximum absolute atomic E-state index is 6.05. The molecule has 1 aromatic carbocycles. The predicted octanol–water partition coefficient (Wildman–Crippen LogP) is 4.06. The lowest BCUT2D eigenvalue weighted by molar-refractivity contribution is -0.147. The number of nitrogens with one attached hydrogen (secondary N) is 1. The molecule has 1 saturated heterocycles. The summed E-state index contributed by atoms with van der Waals surface area (Å²) < 4.78 is 7.21. The van der Waals surface area contributed by atoms with Gasteiger partial charge in [0.1, 0.15) is 0 Å². The highest BCUT2D eigenvalue weighted by atomic mass is 79.9. The summed E-state index contributed by atoms with van der Waals surface area (Å²) in [4.78, 5) is 0. The van der Waals surface area contributed by atoms with E-state index in [1.165, 1.54) is 37.7 Å². The van der Waals surface area contributed by atoms with Crippen molar-refractivity contribution in [2.45, 2.75) is 43.7 Å². The molecule has 2 aliphatic rings. The van der Waals surface area contributed by atoms with E-state index < -0.39 is 0 Å². The number of hydrogen-bond acceptors (Lipinski definition) is 2. The molecule has 3 heteroatoms. The minimum atomic E-state index is 0.226. The molecule has 2 nitrogen and oxygen atoms in total. The van der Waals surface area contributed by atoms with Gasteiger partial charge in [-0.15, -0.1) is 0 Å². The number of halogens is 1. The molecule has 1 aromatic rings. The van der Waals surface area contributed by atoms with E-state index in [4.69, 9.17) is 4.74 Å². The van der Waals surface area contributed by atoms with Crippen LogP contribution in [0.1, 0.15) is 43.7 Å². The van der Waals surface area contributed by atoms with Crippen LogP contribution in [-0.2, 0) is 4.74 Å². The van der Waals surface area contributed by atoms with E-state index in [1.54, 1.807) is 0 Å². The van der Waals surface area contributed by atoms with Gasteiger partial charge in [0.15, 0.2) is 0 Å². The Morgan fingerprint density at radius 3 is 2.89 bits per heavy atom. The van der Waals surface area contributed by atoms with Crippen molar-refractivity contribution in [3.8, 4) is 0 Å². The highest BCUT2D eigenvalue weighted by molar-refractivity contribution is 9.10. The third kappa shape index (κ3) is 2.74. The molecule has 0 aromatic heterocycles. The second-order valence-electron chi connectivity index (χ2n) is 5.96. The standard InChI is InChI=1S/C16H22BrNO/c1-18-15(12-4-2-5-14(17)10-12)13-6-9-19-16(11-13)7-3-8-16/h2,4-5,10,13,15,18H,3,6-9,11H2,1H3. The highest BCUT2D eigenvalue weighted by Gasteiger charge is 2.44. The summed E-state index contributed by atoms with van der Waals surface area (Å²) in [5.41, 5.74) is 1.61. The van der Waals surface area contributed by atoms with Gasteiger partial charge in [0.2, 0.25) is 0 Å². The van der Waals surface area contributed by atoms with E-state index >= 15 is 0 Å². The molecule has 19 heavy (non-hydrogen) atoms. The molecule has 0 amide bonds. The van der Waals surface area contributed by atoms with Gasteiger partial charge in [0.05, 0.1) is 5.60 Å². The topological polar surface area (TPSA) is 21.3 Å². The average Bonchev–Trinajstić information content (AvgIpc) is 2.38. The Bertz CT molecular complexity index is 444. The summed E-state index contributed by atoms with van der Waals surface area (Å²) in [6.07, 6.45) is 6.25. The molecule has 104 valence electrons. The van der Waals surface area contributed by atoms with Crippen molar-refractivity contribution >= 4 is 15.9 Å². The van der Waals surface area contributed by atoms with Crippen molar-refractivity contribution < 1.29 is 4.74 Å². The summed E-state index contributed by atoms with van der Waals surface area (Å²) in [5.74, 6) is 0.688. The fourth-order valence-corrected chi connectivity index (χ4v) is 4.06. The number of hydrogen-bond donors (Lipinski definition) is 1. The molecule has 2 atom stereocenters. The lowest BCUT2D eigenvalue weighted by atomic mass is 9.69. The first-order chi connectivity index (χ1) is 9.22. The number of rotatable bonds is 3. The molecule has 3 rings (SSSR count). The van der Waals surface area contributed by atoms with Crippen molar-refractivity contribution in [2.75, 3.05) is 13.7 Å². The smallest absolute Gasteiger partial charge is 0.0686 e. The molecule has 1 saturated carbocycles. The summed E-state index contributed by atoms with van der Waals surface area (Å²) in [7, 11) is 2.08. The van der Waals surface area contributed by atoms with Crippen LogP contribution in [0.3, 0.4) is 0 Å². The van der Waals surface area contributed by atoms with Crippen molar-refractivity contribution in [2.24, 2.45) is 5.92 Å². The molecular weight excluding hydrogens is 302 g/mol. The number of benzene rings is 1. The third-order valence-electron chi connectivity index (χ3n) is 4.79. The lowest BCUT2D eigenvalue weighted by Crippen LogP contribution is -2.47. The highest BCUT2D eigenvalue weighted by Crippen LogP contribution is 2.47. The van der Waals surface area contributed by atoms with Crippen LogP contribution in [0.4, 0.5) is 0 Å².